The average molecular weight is 517 g/mol. The standard InChI is InChI=1S/C27H24N4O5S/c28-23(16-3-1-2-4-17(16)27(29)33)15-11-18(24-21(12-15)34-9-10-35-24)19-14-37-26-20(32)13-22(36-25(19)26)31-7-5-30-6-8-31/h1-4,11-14,28,30H,5-10H2,(H2,29,33). The highest BCUT2D eigenvalue weighted by molar-refractivity contribution is 7.17. The fraction of sp³-hybridized carbons (Fsp3) is 0.222. The number of thiophene rings is 1. The molecule has 0 spiro atoms. The van der Waals surface area contributed by atoms with E-state index in [-0.39, 0.29) is 16.7 Å². The van der Waals surface area contributed by atoms with Crippen LogP contribution in [0.5, 0.6) is 11.5 Å². The largest absolute Gasteiger partial charge is 0.486 e. The lowest BCUT2D eigenvalue weighted by atomic mass is 9.94. The van der Waals surface area contributed by atoms with Crippen LogP contribution in [0.15, 0.2) is 57.1 Å². The monoisotopic (exact) mass is 516 g/mol. The number of rotatable bonds is 5. The van der Waals surface area contributed by atoms with Crippen molar-refractivity contribution >= 4 is 39.1 Å². The molecule has 4 N–H and O–H groups in total. The number of carbonyl (C=O) groups excluding carboxylic acids is 1. The van der Waals surface area contributed by atoms with E-state index in [4.69, 9.17) is 25.0 Å². The van der Waals surface area contributed by atoms with Gasteiger partial charge in [-0.15, -0.1) is 11.3 Å². The lowest BCUT2D eigenvalue weighted by molar-refractivity contribution is 0.1000. The highest BCUT2D eigenvalue weighted by atomic mass is 32.1. The van der Waals surface area contributed by atoms with E-state index in [1.165, 1.54) is 11.3 Å². The van der Waals surface area contributed by atoms with E-state index in [1.807, 2.05) is 11.4 Å². The number of ether oxygens (including phenoxy) is 2. The van der Waals surface area contributed by atoms with Gasteiger partial charge in [-0.05, 0) is 18.2 Å². The number of carbonyl (C=O) groups is 1. The Morgan fingerprint density at radius 2 is 1.78 bits per heavy atom. The molecule has 0 radical (unpaired) electrons. The fourth-order valence-corrected chi connectivity index (χ4v) is 5.63. The Kier molecular flexibility index (Phi) is 5.90. The highest BCUT2D eigenvalue weighted by Gasteiger charge is 2.25. The molecule has 0 saturated carbocycles. The molecule has 6 rings (SSSR count). The number of hydrogen-bond acceptors (Lipinski definition) is 9. The van der Waals surface area contributed by atoms with Crippen molar-refractivity contribution < 1.29 is 18.7 Å². The first-order valence-corrected chi connectivity index (χ1v) is 12.8. The zero-order valence-corrected chi connectivity index (χ0v) is 20.7. The molecule has 2 aliphatic heterocycles. The van der Waals surface area contributed by atoms with Gasteiger partial charge in [0.1, 0.15) is 17.9 Å². The van der Waals surface area contributed by atoms with Crippen molar-refractivity contribution in [2.24, 2.45) is 5.73 Å². The number of nitrogens with one attached hydrogen (secondary N) is 2. The second kappa shape index (κ2) is 9.38. The number of benzene rings is 2. The summed E-state index contributed by atoms with van der Waals surface area (Å²) < 4.78 is 18.8. The van der Waals surface area contributed by atoms with E-state index in [2.05, 4.69) is 10.2 Å². The predicted octanol–water partition coefficient (Wildman–Crippen LogP) is 3.22. The van der Waals surface area contributed by atoms with Crippen molar-refractivity contribution in [3.8, 4) is 22.6 Å². The molecule has 0 atom stereocenters. The molecule has 4 aromatic rings. The van der Waals surface area contributed by atoms with Crippen LogP contribution in [0.2, 0.25) is 0 Å². The van der Waals surface area contributed by atoms with Crippen LogP contribution in [0.4, 0.5) is 5.88 Å². The molecular weight excluding hydrogens is 492 g/mol. The lowest BCUT2D eigenvalue weighted by Crippen LogP contribution is -2.43. The van der Waals surface area contributed by atoms with Gasteiger partial charge in [-0.3, -0.25) is 15.0 Å². The number of fused-ring (bicyclic) bond motifs is 2. The summed E-state index contributed by atoms with van der Waals surface area (Å²) in [5.41, 5.74) is 8.61. The average Bonchev–Trinajstić information content (AvgIpc) is 3.37. The Morgan fingerprint density at radius 1 is 1.03 bits per heavy atom. The van der Waals surface area contributed by atoms with Gasteiger partial charge in [0.05, 0.1) is 5.71 Å². The van der Waals surface area contributed by atoms with Gasteiger partial charge in [-0.25, -0.2) is 0 Å². The van der Waals surface area contributed by atoms with Crippen molar-refractivity contribution in [1.29, 1.82) is 5.41 Å². The number of primary amides is 1. The van der Waals surface area contributed by atoms with Crippen molar-refractivity contribution in [3.63, 3.8) is 0 Å². The molecule has 0 unspecified atom stereocenters. The second-order valence-electron chi connectivity index (χ2n) is 8.83. The maximum Gasteiger partial charge on any atom is 0.249 e. The Balaban J connectivity index is 1.52. The Hall–Kier alpha value is -4.15. The van der Waals surface area contributed by atoms with Gasteiger partial charge in [-0.1, -0.05) is 18.2 Å². The molecule has 10 heteroatoms. The van der Waals surface area contributed by atoms with Crippen LogP contribution in [0.1, 0.15) is 21.5 Å². The van der Waals surface area contributed by atoms with Crippen LogP contribution in [0.3, 0.4) is 0 Å². The Labute approximate surface area is 215 Å². The highest BCUT2D eigenvalue weighted by Crippen LogP contribution is 2.45. The predicted molar refractivity (Wildman–Crippen MR) is 143 cm³/mol. The van der Waals surface area contributed by atoms with E-state index >= 15 is 0 Å². The van der Waals surface area contributed by atoms with E-state index in [9.17, 15) is 9.59 Å². The molecule has 9 nitrogen and oxygen atoms in total. The molecule has 2 aliphatic rings. The molecule has 4 heterocycles. The molecule has 1 fully saturated rings. The molecule has 37 heavy (non-hydrogen) atoms. The van der Waals surface area contributed by atoms with Crippen molar-refractivity contribution in [1.82, 2.24) is 5.32 Å². The Morgan fingerprint density at radius 3 is 2.57 bits per heavy atom. The summed E-state index contributed by atoms with van der Waals surface area (Å²) in [6.07, 6.45) is 0. The quantitative estimate of drug-likeness (QED) is 0.347. The molecule has 0 aliphatic carbocycles. The maximum absolute atomic E-state index is 13.0. The lowest BCUT2D eigenvalue weighted by Gasteiger charge is -2.27. The van der Waals surface area contributed by atoms with Crippen LogP contribution in [0.25, 0.3) is 21.4 Å². The third kappa shape index (κ3) is 4.13. The summed E-state index contributed by atoms with van der Waals surface area (Å²) in [5.74, 6) is 0.939. The molecular formula is C27H24N4O5S. The van der Waals surface area contributed by atoms with Gasteiger partial charge in [0.2, 0.25) is 11.3 Å². The number of nitrogens with zero attached hydrogens (tertiary/aromatic N) is 1. The van der Waals surface area contributed by atoms with Crippen LogP contribution >= 0.6 is 11.3 Å². The molecule has 1 saturated heterocycles. The SMILES string of the molecule is N=C(c1cc2c(c(-c3csc4c(=O)cc(N5CCNCC5)oc34)c1)OCCO2)c1ccccc1C(N)=O. The normalized spacial score (nSPS) is 15.1. The van der Waals surface area contributed by atoms with Gasteiger partial charge in [0.15, 0.2) is 23.0 Å². The van der Waals surface area contributed by atoms with Crippen molar-refractivity contribution in [2.45, 2.75) is 0 Å². The maximum atomic E-state index is 13.0. The third-order valence-electron chi connectivity index (χ3n) is 6.54. The zero-order valence-electron chi connectivity index (χ0n) is 19.8. The summed E-state index contributed by atoms with van der Waals surface area (Å²) in [6, 6.07) is 11.9. The van der Waals surface area contributed by atoms with E-state index < -0.39 is 5.91 Å². The van der Waals surface area contributed by atoms with Gasteiger partial charge < -0.3 is 29.8 Å². The molecule has 188 valence electrons. The summed E-state index contributed by atoms with van der Waals surface area (Å²) in [5, 5.41) is 14.1. The van der Waals surface area contributed by atoms with Gasteiger partial charge in [0, 0.05) is 65.4 Å². The van der Waals surface area contributed by atoms with Gasteiger partial charge in [-0.2, -0.15) is 0 Å². The fourth-order valence-electron chi connectivity index (χ4n) is 4.73. The topological polar surface area (TPSA) is 131 Å². The molecule has 2 aromatic carbocycles. The minimum atomic E-state index is -0.607. The summed E-state index contributed by atoms with van der Waals surface area (Å²) in [4.78, 5) is 27.1. The molecule has 1 amide bonds. The van der Waals surface area contributed by atoms with Gasteiger partial charge >= 0.3 is 0 Å². The minimum Gasteiger partial charge on any atom is -0.486 e. The third-order valence-corrected chi connectivity index (χ3v) is 7.52. The minimum absolute atomic E-state index is 0.101. The van der Waals surface area contributed by atoms with E-state index in [0.717, 1.165) is 26.2 Å². The smallest absolute Gasteiger partial charge is 0.249 e. The van der Waals surface area contributed by atoms with E-state index in [1.54, 1.807) is 36.4 Å². The number of amides is 1. The summed E-state index contributed by atoms with van der Waals surface area (Å²) in [6.45, 7) is 3.85. The number of nitrogens with two attached hydrogens (primary N) is 1. The molecule has 2 aromatic heterocycles. The number of hydrogen-bond donors (Lipinski definition) is 3. The van der Waals surface area contributed by atoms with Crippen LogP contribution < -0.4 is 30.9 Å². The van der Waals surface area contributed by atoms with Crippen LogP contribution in [0, 0.1) is 5.41 Å². The van der Waals surface area contributed by atoms with Crippen molar-refractivity contribution in [3.05, 3.63) is 74.8 Å². The van der Waals surface area contributed by atoms with E-state index in [0.29, 0.717) is 63.1 Å². The number of piperazine rings is 1. The van der Waals surface area contributed by atoms with Crippen LogP contribution in [-0.4, -0.2) is 51.0 Å². The van der Waals surface area contributed by atoms with Gasteiger partial charge in [0.25, 0.3) is 0 Å². The van der Waals surface area contributed by atoms with Crippen LogP contribution in [-0.2, 0) is 0 Å². The van der Waals surface area contributed by atoms with Crippen molar-refractivity contribution in [2.75, 3.05) is 44.3 Å². The number of anilines is 1. The summed E-state index contributed by atoms with van der Waals surface area (Å²) in [7, 11) is 0. The first-order valence-electron chi connectivity index (χ1n) is 11.9. The summed E-state index contributed by atoms with van der Waals surface area (Å²) >= 11 is 1.31. The second-order valence-corrected chi connectivity index (χ2v) is 9.71. The first kappa shape index (κ1) is 23.3. The zero-order chi connectivity index (χ0) is 25.5. The first-order chi connectivity index (χ1) is 18.0. The molecule has 0 bridgehead atoms. The Bertz CT molecular complexity index is 1600.